The fourth-order valence-electron chi connectivity index (χ4n) is 3.46. The summed E-state index contributed by atoms with van der Waals surface area (Å²) in [5.41, 5.74) is 0.766. The summed E-state index contributed by atoms with van der Waals surface area (Å²) in [5, 5.41) is 3.64. The van der Waals surface area contributed by atoms with E-state index in [1.807, 2.05) is 12.1 Å². The van der Waals surface area contributed by atoms with Gasteiger partial charge in [-0.2, -0.15) is 0 Å². The number of halogens is 1. The summed E-state index contributed by atoms with van der Waals surface area (Å²) in [5.74, 6) is 1.61. The zero-order chi connectivity index (χ0) is 15.2. The van der Waals surface area contributed by atoms with Gasteiger partial charge in [0.2, 0.25) is 0 Å². The lowest BCUT2D eigenvalue weighted by atomic mass is 9.91. The fraction of sp³-hybridized carbons (Fsp3) is 0.667. The van der Waals surface area contributed by atoms with E-state index in [-0.39, 0.29) is 5.82 Å². The van der Waals surface area contributed by atoms with Gasteiger partial charge in [-0.3, -0.25) is 0 Å². The van der Waals surface area contributed by atoms with Crippen LogP contribution in [0.4, 0.5) is 4.39 Å². The molecule has 0 spiro atoms. The molecule has 1 aromatic carbocycles. The van der Waals surface area contributed by atoms with Gasteiger partial charge in [0.25, 0.3) is 0 Å². The van der Waals surface area contributed by atoms with Crippen LogP contribution in [-0.4, -0.2) is 19.7 Å². The minimum atomic E-state index is -0.200. The molecule has 0 saturated heterocycles. The maximum Gasteiger partial charge on any atom is 0.168 e. The first-order valence-corrected chi connectivity index (χ1v) is 8.20. The third-order valence-electron chi connectivity index (χ3n) is 4.66. The van der Waals surface area contributed by atoms with E-state index in [1.165, 1.54) is 26.4 Å². The largest absolute Gasteiger partial charge is 0.494 e. The standard InChI is InChI=1S/C18H28FNO/c1-4-10-20-16(14-9-8-13(2)11-14)12-15-6-5-7-17(21-3)18(15)19/h5-7,13-14,16,20H,4,8-12H2,1-3H3. The van der Waals surface area contributed by atoms with Crippen molar-refractivity contribution in [1.29, 1.82) is 0 Å². The number of nitrogens with one attached hydrogen (secondary N) is 1. The lowest BCUT2D eigenvalue weighted by molar-refractivity contribution is 0.341. The Morgan fingerprint density at radius 1 is 1.38 bits per heavy atom. The van der Waals surface area contributed by atoms with Crippen molar-refractivity contribution in [3.63, 3.8) is 0 Å². The van der Waals surface area contributed by atoms with Crippen molar-refractivity contribution in [3.8, 4) is 5.75 Å². The number of rotatable bonds is 7. The molecule has 3 heteroatoms. The molecule has 1 aliphatic carbocycles. The molecule has 3 atom stereocenters. The summed E-state index contributed by atoms with van der Waals surface area (Å²) in [7, 11) is 1.52. The van der Waals surface area contributed by atoms with Crippen LogP contribution in [0.5, 0.6) is 5.75 Å². The van der Waals surface area contributed by atoms with Gasteiger partial charge in [-0.05, 0) is 55.7 Å². The van der Waals surface area contributed by atoms with Crippen molar-refractivity contribution >= 4 is 0 Å². The van der Waals surface area contributed by atoms with Crippen LogP contribution in [0, 0.1) is 17.7 Å². The van der Waals surface area contributed by atoms with Crippen LogP contribution < -0.4 is 10.1 Å². The number of benzene rings is 1. The van der Waals surface area contributed by atoms with Gasteiger partial charge >= 0.3 is 0 Å². The van der Waals surface area contributed by atoms with Gasteiger partial charge in [0.05, 0.1) is 7.11 Å². The average Bonchev–Trinajstić information content (AvgIpc) is 2.91. The maximum absolute atomic E-state index is 14.4. The van der Waals surface area contributed by atoms with Gasteiger partial charge in [-0.1, -0.05) is 32.4 Å². The molecule has 118 valence electrons. The van der Waals surface area contributed by atoms with Gasteiger partial charge in [0.15, 0.2) is 11.6 Å². The van der Waals surface area contributed by atoms with Crippen molar-refractivity contribution in [3.05, 3.63) is 29.6 Å². The Morgan fingerprint density at radius 2 is 2.19 bits per heavy atom. The predicted molar refractivity (Wildman–Crippen MR) is 85.2 cm³/mol. The first-order valence-electron chi connectivity index (χ1n) is 8.20. The molecule has 0 heterocycles. The quantitative estimate of drug-likeness (QED) is 0.814. The first-order chi connectivity index (χ1) is 10.2. The first kappa shape index (κ1) is 16.3. The molecule has 1 fully saturated rings. The number of hydrogen-bond donors (Lipinski definition) is 1. The molecule has 0 amide bonds. The predicted octanol–water partition coefficient (Wildman–Crippen LogP) is 4.18. The molecule has 0 radical (unpaired) electrons. The summed E-state index contributed by atoms with van der Waals surface area (Å²) < 4.78 is 19.5. The van der Waals surface area contributed by atoms with Crippen LogP contribution in [0.25, 0.3) is 0 Å². The van der Waals surface area contributed by atoms with Crippen molar-refractivity contribution in [1.82, 2.24) is 5.32 Å². The highest BCUT2D eigenvalue weighted by molar-refractivity contribution is 5.31. The highest BCUT2D eigenvalue weighted by Crippen LogP contribution is 2.34. The van der Waals surface area contributed by atoms with Crippen LogP contribution in [-0.2, 0) is 6.42 Å². The molecule has 2 rings (SSSR count). The molecule has 0 aromatic heterocycles. The van der Waals surface area contributed by atoms with E-state index in [1.54, 1.807) is 6.07 Å². The zero-order valence-corrected chi connectivity index (χ0v) is 13.5. The highest BCUT2D eigenvalue weighted by Gasteiger charge is 2.29. The second kappa shape index (κ2) is 7.79. The Bertz CT molecular complexity index is 449. The monoisotopic (exact) mass is 293 g/mol. The molecule has 2 nitrogen and oxygen atoms in total. The summed E-state index contributed by atoms with van der Waals surface area (Å²) in [6, 6.07) is 5.82. The van der Waals surface area contributed by atoms with Gasteiger partial charge < -0.3 is 10.1 Å². The van der Waals surface area contributed by atoms with Gasteiger partial charge in [0.1, 0.15) is 0 Å². The third kappa shape index (κ3) is 4.19. The van der Waals surface area contributed by atoms with Crippen molar-refractivity contribution < 1.29 is 9.13 Å². The SMILES string of the molecule is CCCNC(Cc1cccc(OC)c1F)C1CCC(C)C1. The fourth-order valence-corrected chi connectivity index (χ4v) is 3.46. The van der Waals surface area contributed by atoms with E-state index in [9.17, 15) is 4.39 Å². The summed E-state index contributed by atoms with van der Waals surface area (Å²) in [4.78, 5) is 0. The minimum Gasteiger partial charge on any atom is -0.494 e. The normalized spacial score (nSPS) is 23.2. The number of ether oxygens (including phenoxy) is 1. The van der Waals surface area contributed by atoms with Crippen LogP contribution in [0.1, 0.15) is 45.1 Å². The van der Waals surface area contributed by atoms with Crippen molar-refractivity contribution in [2.45, 2.75) is 52.0 Å². The Morgan fingerprint density at radius 3 is 2.81 bits per heavy atom. The Kier molecular flexibility index (Phi) is 6.04. The average molecular weight is 293 g/mol. The Labute approximate surface area is 128 Å². The molecular weight excluding hydrogens is 265 g/mol. The molecular formula is C18H28FNO. The van der Waals surface area contributed by atoms with Crippen molar-refractivity contribution in [2.24, 2.45) is 11.8 Å². The lowest BCUT2D eigenvalue weighted by Crippen LogP contribution is -2.38. The van der Waals surface area contributed by atoms with E-state index in [4.69, 9.17) is 4.74 Å². The summed E-state index contributed by atoms with van der Waals surface area (Å²) >= 11 is 0. The second-order valence-electron chi connectivity index (χ2n) is 6.38. The van der Waals surface area contributed by atoms with E-state index in [2.05, 4.69) is 19.2 Å². The molecule has 1 aromatic rings. The molecule has 3 unspecified atom stereocenters. The van der Waals surface area contributed by atoms with E-state index in [0.717, 1.165) is 30.9 Å². The van der Waals surface area contributed by atoms with Gasteiger partial charge in [-0.25, -0.2) is 4.39 Å². The maximum atomic E-state index is 14.4. The highest BCUT2D eigenvalue weighted by atomic mass is 19.1. The van der Waals surface area contributed by atoms with Crippen LogP contribution in [0.2, 0.25) is 0 Å². The molecule has 1 aliphatic rings. The van der Waals surface area contributed by atoms with E-state index in [0.29, 0.717) is 17.7 Å². The number of hydrogen-bond acceptors (Lipinski definition) is 2. The lowest BCUT2D eigenvalue weighted by Gasteiger charge is -2.25. The topological polar surface area (TPSA) is 21.3 Å². The second-order valence-corrected chi connectivity index (χ2v) is 6.38. The van der Waals surface area contributed by atoms with Crippen LogP contribution in [0.3, 0.4) is 0 Å². The smallest absolute Gasteiger partial charge is 0.168 e. The van der Waals surface area contributed by atoms with Gasteiger partial charge in [-0.15, -0.1) is 0 Å². The summed E-state index contributed by atoms with van der Waals surface area (Å²) in [6.07, 6.45) is 5.68. The number of methoxy groups -OCH3 is 1. The minimum absolute atomic E-state index is 0.200. The summed E-state index contributed by atoms with van der Waals surface area (Å²) in [6.45, 7) is 5.50. The van der Waals surface area contributed by atoms with Gasteiger partial charge in [0, 0.05) is 6.04 Å². The molecule has 0 aliphatic heterocycles. The zero-order valence-electron chi connectivity index (χ0n) is 13.5. The molecule has 1 N–H and O–H groups in total. The molecule has 0 bridgehead atoms. The Balaban J connectivity index is 2.10. The third-order valence-corrected chi connectivity index (χ3v) is 4.66. The van der Waals surface area contributed by atoms with Crippen molar-refractivity contribution in [2.75, 3.05) is 13.7 Å². The van der Waals surface area contributed by atoms with E-state index >= 15 is 0 Å². The van der Waals surface area contributed by atoms with Crippen LogP contribution >= 0.6 is 0 Å². The molecule has 1 saturated carbocycles. The molecule has 21 heavy (non-hydrogen) atoms. The Hall–Kier alpha value is -1.09. The van der Waals surface area contributed by atoms with E-state index < -0.39 is 0 Å². The van der Waals surface area contributed by atoms with Crippen LogP contribution in [0.15, 0.2) is 18.2 Å².